The molecule has 1 heterocycles. The number of carboxylic acid groups (broad SMARTS) is 1. The second-order valence-electron chi connectivity index (χ2n) is 3.26. The predicted molar refractivity (Wildman–Crippen MR) is 52.6 cm³/mol. The summed E-state index contributed by atoms with van der Waals surface area (Å²) in [5.41, 5.74) is -0.532. The van der Waals surface area contributed by atoms with Gasteiger partial charge in [-0.25, -0.2) is 13.6 Å². The normalized spacial score (nSPS) is 10.5. The van der Waals surface area contributed by atoms with E-state index < -0.39 is 23.4 Å². The number of carbonyl (C=O) groups is 1. The van der Waals surface area contributed by atoms with Crippen LogP contribution in [0, 0.1) is 11.6 Å². The van der Waals surface area contributed by atoms with E-state index in [1.807, 2.05) is 0 Å². The average Bonchev–Trinajstić information content (AvgIpc) is 2.72. The largest absolute Gasteiger partial charge is 0.505 e. The number of hydrogen-bond acceptors (Lipinski definition) is 3. The summed E-state index contributed by atoms with van der Waals surface area (Å²) in [6, 6.07) is 2.41. The Balaban J connectivity index is 2.52. The fourth-order valence-corrected chi connectivity index (χ4v) is 1.30. The third-order valence-electron chi connectivity index (χ3n) is 2.12. The van der Waals surface area contributed by atoms with Gasteiger partial charge in [-0.05, 0) is 12.1 Å². The molecule has 0 amide bonds. The Morgan fingerprint density at radius 2 is 1.94 bits per heavy atom. The number of phenolic OH excluding ortho intramolecular Hbond substituents is 1. The van der Waals surface area contributed by atoms with Crippen LogP contribution in [0.1, 0.15) is 10.5 Å². The Bertz CT molecular complexity index is 595. The lowest BCUT2D eigenvalue weighted by Crippen LogP contribution is -1.95. The van der Waals surface area contributed by atoms with E-state index in [-0.39, 0.29) is 17.0 Å². The molecule has 17 heavy (non-hydrogen) atoms. The minimum absolute atomic E-state index is 0.0567. The van der Waals surface area contributed by atoms with Crippen LogP contribution >= 0.6 is 0 Å². The molecule has 0 atom stereocenters. The number of H-pyrrole nitrogens is 1. The van der Waals surface area contributed by atoms with Crippen molar-refractivity contribution in [2.75, 3.05) is 0 Å². The van der Waals surface area contributed by atoms with Crippen LogP contribution in [0.5, 0.6) is 5.75 Å². The fraction of sp³-hybridized carbons (Fsp3) is 0. The summed E-state index contributed by atoms with van der Waals surface area (Å²) in [4.78, 5) is 10.6. The Labute approximate surface area is 93.3 Å². The van der Waals surface area contributed by atoms with E-state index in [4.69, 9.17) is 10.2 Å². The van der Waals surface area contributed by atoms with Crippen molar-refractivity contribution in [1.29, 1.82) is 0 Å². The third kappa shape index (κ3) is 1.94. The van der Waals surface area contributed by atoms with Crippen LogP contribution in [0.3, 0.4) is 0 Å². The molecule has 0 aliphatic heterocycles. The van der Waals surface area contributed by atoms with Crippen LogP contribution in [0.25, 0.3) is 11.3 Å². The second-order valence-corrected chi connectivity index (χ2v) is 3.26. The summed E-state index contributed by atoms with van der Waals surface area (Å²) in [6.07, 6.45) is 0. The van der Waals surface area contributed by atoms with Gasteiger partial charge in [0.2, 0.25) is 0 Å². The Kier molecular flexibility index (Phi) is 2.51. The zero-order chi connectivity index (χ0) is 12.6. The van der Waals surface area contributed by atoms with E-state index in [9.17, 15) is 13.6 Å². The van der Waals surface area contributed by atoms with Crippen LogP contribution in [0.15, 0.2) is 18.2 Å². The number of aromatic amines is 1. The molecule has 0 saturated carbocycles. The molecule has 0 bridgehead atoms. The molecule has 1 aromatic carbocycles. The number of halogens is 2. The van der Waals surface area contributed by atoms with Gasteiger partial charge in [0.05, 0.1) is 5.69 Å². The van der Waals surface area contributed by atoms with E-state index in [1.165, 1.54) is 0 Å². The van der Waals surface area contributed by atoms with Crippen molar-refractivity contribution in [3.63, 3.8) is 0 Å². The number of hydrogen-bond donors (Lipinski definition) is 3. The summed E-state index contributed by atoms with van der Waals surface area (Å²) >= 11 is 0. The van der Waals surface area contributed by atoms with E-state index in [0.29, 0.717) is 6.07 Å². The molecule has 88 valence electrons. The minimum atomic E-state index is -1.26. The predicted octanol–water partition coefficient (Wildman–Crippen LogP) is 1.76. The Morgan fingerprint density at radius 1 is 1.24 bits per heavy atom. The fourth-order valence-electron chi connectivity index (χ4n) is 1.30. The zero-order valence-electron chi connectivity index (χ0n) is 8.24. The van der Waals surface area contributed by atoms with Gasteiger partial charge >= 0.3 is 5.97 Å². The summed E-state index contributed by atoms with van der Waals surface area (Å²) in [7, 11) is 0. The summed E-state index contributed by atoms with van der Waals surface area (Å²) in [5, 5.41) is 23.3. The van der Waals surface area contributed by atoms with E-state index in [1.54, 1.807) is 0 Å². The van der Waals surface area contributed by atoms with Crippen molar-refractivity contribution in [2.45, 2.75) is 0 Å². The molecule has 7 heteroatoms. The number of aromatic hydroxyl groups is 1. The summed E-state index contributed by atoms with van der Waals surface area (Å²) < 4.78 is 26.4. The second kappa shape index (κ2) is 3.85. The Hall–Kier alpha value is -2.44. The molecule has 5 nitrogen and oxygen atoms in total. The smallest absolute Gasteiger partial charge is 0.353 e. The van der Waals surface area contributed by atoms with Gasteiger partial charge in [-0.2, -0.15) is 5.10 Å². The van der Waals surface area contributed by atoms with Crippen molar-refractivity contribution in [1.82, 2.24) is 10.2 Å². The maximum atomic E-state index is 13.4. The van der Waals surface area contributed by atoms with Crippen LogP contribution in [-0.4, -0.2) is 26.4 Å². The number of nitrogens with one attached hydrogen (secondary N) is 1. The highest BCUT2D eigenvalue weighted by atomic mass is 19.1. The van der Waals surface area contributed by atoms with Crippen molar-refractivity contribution in [2.24, 2.45) is 0 Å². The number of benzene rings is 1. The lowest BCUT2D eigenvalue weighted by atomic mass is 10.1. The molecular weight excluding hydrogens is 234 g/mol. The van der Waals surface area contributed by atoms with Crippen molar-refractivity contribution in [3.8, 4) is 17.0 Å². The molecule has 1 aromatic heterocycles. The molecule has 2 aromatic rings. The number of phenols is 1. The van der Waals surface area contributed by atoms with Crippen LogP contribution in [0.4, 0.5) is 8.78 Å². The first kappa shape index (κ1) is 11.1. The van der Waals surface area contributed by atoms with E-state index in [0.717, 1.165) is 12.1 Å². The van der Waals surface area contributed by atoms with Gasteiger partial charge in [-0.15, -0.1) is 0 Å². The molecule has 3 N–H and O–H groups in total. The number of rotatable bonds is 2. The Morgan fingerprint density at radius 3 is 2.53 bits per heavy atom. The maximum Gasteiger partial charge on any atom is 0.353 e. The molecule has 0 spiro atoms. The van der Waals surface area contributed by atoms with Crippen LogP contribution < -0.4 is 0 Å². The number of aromatic carboxylic acids is 1. The molecular formula is C10H6F2N2O3. The van der Waals surface area contributed by atoms with Gasteiger partial charge in [-0.1, -0.05) is 0 Å². The third-order valence-corrected chi connectivity index (χ3v) is 2.12. The minimum Gasteiger partial charge on any atom is -0.505 e. The molecule has 2 rings (SSSR count). The first-order chi connectivity index (χ1) is 7.99. The highest BCUT2D eigenvalue weighted by Crippen LogP contribution is 2.27. The number of carboxylic acids is 1. The first-order valence-corrected chi connectivity index (χ1v) is 4.46. The van der Waals surface area contributed by atoms with Gasteiger partial charge in [0.1, 0.15) is 11.5 Å². The molecule has 0 fully saturated rings. The van der Waals surface area contributed by atoms with Crippen molar-refractivity contribution in [3.05, 3.63) is 35.5 Å². The summed E-state index contributed by atoms with van der Waals surface area (Å²) in [5.74, 6) is -3.99. The quantitative estimate of drug-likeness (QED) is 0.746. The van der Waals surface area contributed by atoms with Crippen molar-refractivity contribution < 1.29 is 23.8 Å². The zero-order valence-corrected chi connectivity index (χ0v) is 8.24. The molecule has 0 aliphatic rings. The molecule has 0 aliphatic carbocycles. The van der Waals surface area contributed by atoms with E-state index >= 15 is 0 Å². The maximum absolute atomic E-state index is 13.4. The monoisotopic (exact) mass is 240 g/mol. The lowest BCUT2D eigenvalue weighted by molar-refractivity contribution is 0.0690. The molecule has 0 radical (unpaired) electrons. The van der Waals surface area contributed by atoms with Gasteiger partial charge < -0.3 is 10.2 Å². The SMILES string of the molecule is O=C(O)c1cc(-c2cc(F)c(O)cc2F)n[nH]1. The standard InChI is InChI=1S/C10H6F2N2O3/c11-5-2-9(15)6(12)1-4(5)7-3-8(10(16)17)14-13-7/h1-3,15H,(H,13,14)(H,16,17). The number of nitrogens with zero attached hydrogens (tertiary/aromatic N) is 1. The lowest BCUT2D eigenvalue weighted by Gasteiger charge is -2.01. The molecule has 0 unspecified atom stereocenters. The van der Waals surface area contributed by atoms with Crippen molar-refractivity contribution >= 4 is 5.97 Å². The topological polar surface area (TPSA) is 86.2 Å². The highest BCUT2D eigenvalue weighted by Gasteiger charge is 2.15. The average molecular weight is 240 g/mol. The van der Waals surface area contributed by atoms with Crippen LogP contribution in [0.2, 0.25) is 0 Å². The first-order valence-electron chi connectivity index (χ1n) is 4.46. The number of aromatic nitrogens is 2. The van der Waals surface area contributed by atoms with Crippen LogP contribution in [-0.2, 0) is 0 Å². The van der Waals surface area contributed by atoms with Gasteiger partial charge in [0, 0.05) is 11.6 Å². The molecule has 0 saturated heterocycles. The van der Waals surface area contributed by atoms with Gasteiger partial charge in [0.15, 0.2) is 11.6 Å². The highest BCUT2D eigenvalue weighted by molar-refractivity contribution is 5.86. The summed E-state index contributed by atoms with van der Waals surface area (Å²) in [6.45, 7) is 0. The van der Waals surface area contributed by atoms with Gasteiger partial charge in [-0.3, -0.25) is 5.10 Å². The van der Waals surface area contributed by atoms with E-state index in [2.05, 4.69) is 10.2 Å². The van der Waals surface area contributed by atoms with Gasteiger partial charge in [0.25, 0.3) is 0 Å².